The molecule has 0 amide bonds. The molecule has 1 nitrogen and oxygen atoms in total. The summed E-state index contributed by atoms with van der Waals surface area (Å²) in [6, 6.07) is 15.0. The van der Waals surface area contributed by atoms with E-state index >= 15 is 0 Å². The van der Waals surface area contributed by atoms with Gasteiger partial charge in [0.1, 0.15) is 5.82 Å². The van der Waals surface area contributed by atoms with Crippen LogP contribution in [0.3, 0.4) is 0 Å². The summed E-state index contributed by atoms with van der Waals surface area (Å²) < 4.78 is 13.2. The lowest BCUT2D eigenvalue weighted by atomic mass is 10.1. The number of hydrogen-bond donors (Lipinski definition) is 1. The summed E-state index contributed by atoms with van der Waals surface area (Å²) in [7, 11) is 0. The van der Waals surface area contributed by atoms with Crippen LogP contribution in [-0.4, -0.2) is 5.54 Å². The Hall–Kier alpha value is -1.32. The smallest absolute Gasteiger partial charge is 0.124 e. The van der Waals surface area contributed by atoms with Gasteiger partial charge in [-0.2, -0.15) is 0 Å². The van der Waals surface area contributed by atoms with Crippen LogP contribution in [-0.2, 0) is 6.54 Å². The second-order valence-electron chi connectivity index (χ2n) is 5.77. The molecule has 0 aliphatic heterocycles. The first kappa shape index (κ1) is 15.1. The van der Waals surface area contributed by atoms with Crippen molar-refractivity contribution in [3.8, 4) is 0 Å². The van der Waals surface area contributed by atoms with Crippen molar-refractivity contribution in [3.05, 3.63) is 59.9 Å². The van der Waals surface area contributed by atoms with E-state index in [2.05, 4.69) is 38.2 Å². The molecule has 3 heteroatoms. The summed E-state index contributed by atoms with van der Waals surface area (Å²) in [6.07, 6.45) is 0. The van der Waals surface area contributed by atoms with E-state index in [-0.39, 0.29) is 11.4 Å². The standard InChI is InChI=1S/C17H20FNS/c1-17(2,3)19-12-13-7-4-5-10-16(13)20-15-9-6-8-14(18)11-15/h4-11,19H,12H2,1-3H3. The molecule has 0 aromatic heterocycles. The molecule has 0 fully saturated rings. The maximum Gasteiger partial charge on any atom is 0.124 e. The summed E-state index contributed by atoms with van der Waals surface area (Å²) in [6.45, 7) is 7.25. The Balaban J connectivity index is 2.15. The van der Waals surface area contributed by atoms with Gasteiger partial charge in [-0.25, -0.2) is 4.39 Å². The van der Waals surface area contributed by atoms with Gasteiger partial charge in [-0.15, -0.1) is 0 Å². The molecule has 2 rings (SSSR count). The van der Waals surface area contributed by atoms with E-state index in [0.717, 1.165) is 16.3 Å². The van der Waals surface area contributed by atoms with E-state index < -0.39 is 0 Å². The van der Waals surface area contributed by atoms with Crippen LogP contribution in [0.5, 0.6) is 0 Å². The SMILES string of the molecule is CC(C)(C)NCc1ccccc1Sc1cccc(F)c1. The molecule has 0 aliphatic rings. The van der Waals surface area contributed by atoms with Crippen LogP contribution in [0.2, 0.25) is 0 Å². The van der Waals surface area contributed by atoms with Crippen molar-refractivity contribution in [2.45, 2.75) is 42.6 Å². The van der Waals surface area contributed by atoms with Crippen LogP contribution in [0.4, 0.5) is 4.39 Å². The fourth-order valence-electron chi connectivity index (χ4n) is 1.77. The average molecular weight is 289 g/mol. The predicted octanol–water partition coefficient (Wildman–Crippen LogP) is 4.87. The third-order valence-corrected chi connectivity index (χ3v) is 3.91. The fourth-order valence-corrected chi connectivity index (χ4v) is 2.76. The lowest BCUT2D eigenvalue weighted by molar-refractivity contribution is 0.422. The fraction of sp³-hybridized carbons (Fsp3) is 0.294. The van der Waals surface area contributed by atoms with Crippen LogP contribution >= 0.6 is 11.8 Å². The highest BCUT2D eigenvalue weighted by Crippen LogP contribution is 2.30. The largest absolute Gasteiger partial charge is 0.308 e. The highest BCUT2D eigenvalue weighted by atomic mass is 32.2. The molecule has 0 aliphatic carbocycles. The monoisotopic (exact) mass is 289 g/mol. The van der Waals surface area contributed by atoms with Gasteiger partial charge in [0.05, 0.1) is 0 Å². The van der Waals surface area contributed by atoms with Crippen molar-refractivity contribution >= 4 is 11.8 Å². The maximum absolute atomic E-state index is 13.2. The molecule has 0 spiro atoms. The Morgan fingerprint density at radius 3 is 2.50 bits per heavy atom. The molecule has 20 heavy (non-hydrogen) atoms. The molecular formula is C17H20FNS. The predicted molar refractivity (Wildman–Crippen MR) is 83.6 cm³/mol. The van der Waals surface area contributed by atoms with Crippen molar-refractivity contribution in [2.24, 2.45) is 0 Å². The minimum atomic E-state index is -0.194. The normalized spacial score (nSPS) is 11.6. The van der Waals surface area contributed by atoms with E-state index in [0.29, 0.717) is 0 Å². The second kappa shape index (κ2) is 6.42. The Morgan fingerprint density at radius 2 is 1.80 bits per heavy atom. The molecular weight excluding hydrogens is 269 g/mol. The van der Waals surface area contributed by atoms with Crippen molar-refractivity contribution < 1.29 is 4.39 Å². The van der Waals surface area contributed by atoms with Crippen molar-refractivity contribution in [1.82, 2.24) is 5.32 Å². The minimum absolute atomic E-state index is 0.0800. The second-order valence-corrected chi connectivity index (χ2v) is 6.89. The van der Waals surface area contributed by atoms with Gasteiger partial charge < -0.3 is 5.32 Å². The van der Waals surface area contributed by atoms with Gasteiger partial charge in [0, 0.05) is 21.9 Å². The first-order chi connectivity index (χ1) is 9.44. The van der Waals surface area contributed by atoms with Gasteiger partial charge in [0.15, 0.2) is 0 Å². The summed E-state index contributed by atoms with van der Waals surface area (Å²) in [4.78, 5) is 2.09. The highest BCUT2D eigenvalue weighted by molar-refractivity contribution is 7.99. The van der Waals surface area contributed by atoms with E-state index in [9.17, 15) is 4.39 Å². The molecule has 2 aromatic carbocycles. The Kier molecular flexibility index (Phi) is 4.84. The van der Waals surface area contributed by atoms with E-state index in [1.807, 2.05) is 18.2 Å². The first-order valence-electron chi connectivity index (χ1n) is 6.70. The van der Waals surface area contributed by atoms with E-state index in [4.69, 9.17) is 0 Å². The molecule has 0 radical (unpaired) electrons. The van der Waals surface area contributed by atoms with Crippen LogP contribution in [0, 0.1) is 5.82 Å². The average Bonchev–Trinajstić information content (AvgIpc) is 2.37. The van der Waals surface area contributed by atoms with Gasteiger partial charge >= 0.3 is 0 Å². The van der Waals surface area contributed by atoms with Crippen LogP contribution < -0.4 is 5.32 Å². The summed E-state index contributed by atoms with van der Waals surface area (Å²) in [5.41, 5.74) is 1.31. The Morgan fingerprint density at radius 1 is 1.05 bits per heavy atom. The van der Waals surface area contributed by atoms with Crippen molar-refractivity contribution in [3.63, 3.8) is 0 Å². The Labute approximate surface area is 124 Å². The Bertz CT molecular complexity index is 575. The third-order valence-electron chi connectivity index (χ3n) is 2.81. The molecule has 0 saturated heterocycles. The van der Waals surface area contributed by atoms with E-state index in [1.165, 1.54) is 11.6 Å². The summed E-state index contributed by atoms with van der Waals surface area (Å²) in [5, 5.41) is 3.49. The van der Waals surface area contributed by atoms with Gasteiger partial charge in [0.25, 0.3) is 0 Å². The molecule has 1 N–H and O–H groups in total. The summed E-state index contributed by atoms with van der Waals surface area (Å²) in [5.74, 6) is -0.194. The number of hydrogen-bond acceptors (Lipinski definition) is 2. The maximum atomic E-state index is 13.2. The third kappa shape index (κ3) is 4.66. The quantitative estimate of drug-likeness (QED) is 0.862. The zero-order valence-corrected chi connectivity index (χ0v) is 12.9. The first-order valence-corrected chi connectivity index (χ1v) is 7.52. The molecule has 0 unspecified atom stereocenters. The van der Waals surface area contributed by atoms with Gasteiger partial charge in [0.2, 0.25) is 0 Å². The molecule has 106 valence electrons. The molecule has 2 aromatic rings. The zero-order valence-electron chi connectivity index (χ0n) is 12.1. The van der Waals surface area contributed by atoms with Crippen LogP contribution in [0.1, 0.15) is 26.3 Å². The molecule has 0 bridgehead atoms. The number of rotatable bonds is 4. The topological polar surface area (TPSA) is 12.0 Å². The highest BCUT2D eigenvalue weighted by Gasteiger charge is 2.10. The molecule has 0 heterocycles. The lowest BCUT2D eigenvalue weighted by Crippen LogP contribution is -2.35. The molecule has 0 saturated carbocycles. The number of benzene rings is 2. The van der Waals surface area contributed by atoms with Crippen molar-refractivity contribution in [2.75, 3.05) is 0 Å². The van der Waals surface area contributed by atoms with Crippen molar-refractivity contribution in [1.29, 1.82) is 0 Å². The number of halogens is 1. The van der Waals surface area contributed by atoms with Gasteiger partial charge in [-0.3, -0.25) is 0 Å². The van der Waals surface area contributed by atoms with Gasteiger partial charge in [-0.1, -0.05) is 36.0 Å². The van der Waals surface area contributed by atoms with E-state index in [1.54, 1.807) is 23.9 Å². The lowest BCUT2D eigenvalue weighted by Gasteiger charge is -2.21. The summed E-state index contributed by atoms with van der Waals surface area (Å²) >= 11 is 1.60. The zero-order chi connectivity index (χ0) is 14.6. The molecule has 0 atom stereocenters. The van der Waals surface area contributed by atoms with Gasteiger partial charge in [-0.05, 0) is 50.6 Å². The van der Waals surface area contributed by atoms with Crippen LogP contribution in [0.25, 0.3) is 0 Å². The van der Waals surface area contributed by atoms with Crippen LogP contribution in [0.15, 0.2) is 58.3 Å². The number of nitrogens with one attached hydrogen (secondary N) is 1. The minimum Gasteiger partial charge on any atom is -0.308 e.